The third-order valence-corrected chi connectivity index (χ3v) is 13.8. The lowest BCUT2D eigenvalue weighted by Gasteiger charge is -2.51. The number of methoxy groups -OCH3 is 1. The number of carbonyl (C=O) groups excluding carboxylic acids is 2. The lowest BCUT2D eigenvalue weighted by Crippen LogP contribution is -2.61. The molecular weight excluding hydrogens is 737 g/mol. The fourth-order valence-corrected chi connectivity index (χ4v) is 11.3. The molecule has 1 aromatic heterocycles. The number of hydrogen-bond donors (Lipinski definition) is 2. The molecular formula is C42H44N4O9S. The number of nitriles is 1. The number of phenols is 1. The van der Waals surface area contributed by atoms with Crippen molar-refractivity contribution in [3.05, 3.63) is 75.0 Å². The van der Waals surface area contributed by atoms with Gasteiger partial charge in [0.25, 0.3) is 0 Å². The van der Waals surface area contributed by atoms with E-state index < -0.39 is 34.3 Å². The van der Waals surface area contributed by atoms with Gasteiger partial charge in [-0.05, 0) is 51.4 Å². The molecule has 4 aromatic rings. The van der Waals surface area contributed by atoms with Crippen molar-refractivity contribution in [2.75, 3.05) is 52.9 Å². The predicted octanol–water partition coefficient (Wildman–Crippen LogP) is 5.66. The Labute approximate surface area is 328 Å². The zero-order chi connectivity index (χ0) is 39.3. The van der Waals surface area contributed by atoms with E-state index >= 15 is 0 Å². The third kappa shape index (κ3) is 5.24. The number of aryl methyl sites for hydroxylation is 1. The third-order valence-electron chi connectivity index (χ3n) is 12.4. The van der Waals surface area contributed by atoms with Gasteiger partial charge >= 0.3 is 11.9 Å². The van der Waals surface area contributed by atoms with Crippen molar-refractivity contribution in [3.8, 4) is 34.8 Å². The summed E-state index contributed by atoms with van der Waals surface area (Å²) in [5.74, 6) is 1.60. The van der Waals surface area contributed by atoms with Crippen molar-refractivity contribution in [2.24, 2.45) is 0 Å². The first-order chi connectivity index (χ1) is 26.9. The van der Waals surface area contributed by atoms with Crippen LogP contribution in [0.4, 0.5) is 0 Å². The molecule has 3 aromatic carbocycles. The van der Waals surface area contributed by atoms with Gasteiger partial charge in [-0.2, -0.15) is 5.26 Å². The summed E-state index contributed by atoms with van der Waals surface area (Å²) in [4.78, 5) is 31.8. The van der Waals surface area contributed by atoms with Crippen LogP contribution in [0.1, 0.15) is 75.9 Å². The molecule has 14 heteroatoms. The van der Waals surface area contributed by atoms with Gasteiger partial charge in [0.15, 0.2) is 28.5 Å². The van der Waals surface area contributed by atoms with Gasteiger partial charge in [0.05, 0.1) is 19.2 Å². The average Bonchev–Trinajstić information content (AvgIpc) is 3.81. The number of para-hydroxylation sites is 1. The van der Waals surface area contributed by atoms with Gasteiger partial charge < -0.3 is 33.2 Å². The summed E-state index contributed by atoms with van der Waals surface area (Å²) in [5, 5.41) is 27.2. The number of benzene rings is 3. The van der Waals surface area contributed by atoms with Crippen molar-refractivity contribution in [1.82, 2.24) is 15.1 Å². The maximum absolute atomic E-state index is 14.8. The fourth-order valence-electron chi connectivity index (χ4n) is 9.79. The number of aromatic hydroxyl groups is 1. The number of fused-ring (bicyclic) bond motifs is 9. The summed E-state index contributed by atoms with van der Waals surface area (Å²) in [5.41, 5.74) is 3.53. The fraction of sp³-hybridized carbons (Fsp3) is 0.452. The minimum absolute atomic E-state index is 0.0459. The molecule has 2 N–H and O–H groups in total. The molecule has 6 aliphatic rings. The number of nitrogens with one attached hydrogen (secondary N) is 1. The van der Waals surface area contributed by atoms with Crippen molar-refractivity contribution in [3.63, 3.8) is 0 Å². The van der Waals surface area contributed by atoms with Gasteiger partial charge in [-0.3, -0.25) is 19.9 Å². The lowest BCUT2D eigenvalue weighted by atomic mass is 9.81. The number of carbonyl (C=O) groups is 2. The van der Waals surface area contributed by atoms with Gasteiger partial charge in [-0.15, -0.1) is 11.8 Å². The standard InChI is InChI=1S/C42H44N4O9S/c1-21-13-25-14-41(17-43,18-45(5)23(3)31(25)34(48)35(21)50-6)46-15-30-33-32(38-37(52-20-53-38)22(2)36(33)54-24(4)47)28(46)16-51-40(49)42(19-56-30)39-27(11-12-44-42)26-9-7-8-10-29(26)55-39/h7-10,13,23,28,30,44,48H,11-12,14-16,18-20H2,1-6H3/t23-,28-,30-,41+,42+/m0/s1. The zero-order valence-corrected chi connectivity index (χ0v) is 33.1. The molecule has 10 rings (SSSR count). The van der Waals surface area contributed by atoms with E-state index in [0.29, 0.717) is 77.1 Å². The molecule has 292 valence electrons. The molecule has 7 heterocycles. The molecule has 5 atom stereocenters. The molecule has 56 heavy (non-hydrogen) atoms. The van der Waals surface area contributed by atoms with Crippen molar-refractivity contribution in [1.29, 1.82) is 5.26 Å². The molecule has 0 amide bonds. The van der Waals surface area contributed by atoms with E-state index in [-0.39, 0.29) is 37.4 Å². The van der Waals surface area contributed by atoms with Crippen LogP contribution in [-0.2, 0) is 32.7 Å². The van der Waals surface area contributed by atoms with Gasteiger partial charge in [0.2, 0.25) is 6.79 Å². The second-order valence-electron chi connectivity index (χ2n) is 15.6. The molecule has 2 bridgehead atoms. The van der Waals surface area contributed by atoms with Crippen molar-refractivity contribution >= 4 is 34.7 Å². The second kappa shape index (κ2) is 13.3. The number of hydrogen-bond acceptors (Lipinski definition) is 14. The van der Waals surface area contributed by atoms with E-state index in [1.807, 2.05) is 58.2 Å². The largest absolute Gasteiger partial charge is 0.504 e. The Balaban J connectivity index is 1.24. The zero-order valence-electron chi connectivity index (χ0n) is 32.2. The summed E-state index contributed by atoms with van der Waals surface area (Å²) in [7, 11) is 3.48. The first-order valence-electron chi connectivity index (χ1n) is 18.9. The minimum atomic E-state index is -1.30. The Morgan fingerprint density at radius 1 is 1.12 bits per heavy atom. The molecule has 1 fully saturated rings. The minimum Gasteiger partial charge on any atom is -0.504 e. The van der Waals surface area contributed by atoms with E-state index in [0.717, 1.165) is 27.6 Å². The second-order valence-corrected chi connectivity index (χ2v) is 16.7. The van der Waals surface area contributed by atoms with Crippen LogP contribution in [0.15, 0.2) is 34.7 Å². The lowest BCUT2D eigenvalue weighted by molar-refractivity contribution is -0.155. The number of phenolic OH excluding ortho intramolecular Hbond substituents is 1. The van der Waals surface area contributed by atoms with Gasteiger partial charge in [-0.1, -0.05) is 24.3 Å². The number of likely N-dealkylation sites (N-methyl/N-ethyl adjacent to an activating group) is 1. The smallest absolute Gasteiger partial charge is 0.335 e. The van der Waals surface area contributed by atoms with Crippen molar-refractivity contribution < 1.29 is 42.8 Å². The number of nitrogens with zero attached hydrogens (tertiary/aromatic N) is 3. The van der Waals surface area contributed by atoms with Crippen molar-refractivity contribution in [2.45, 2.75) is 68.9 Å². The van der Waals surface area contributed by atoms with E-state index in [1.54, 1.807) is 0 Å². The van der Waals surface area contributed by atoms with Crippen LogP contribution in [-0.4, -0.2) is 85.3 Å². The van der Waals surface area contributed by atoms with E-state index in [4.69, 9.17) is 28.1 Å². The van der Waals surface area contributed by atoms with E-state index in [2.05, 4.69) is 21.2 Å². The monoisotopic (exact) mass is 780 g/mol. The number of esters is 2. The van der Waals surface area contributed by atoms with Gasteiger partial charge in [0.1, 0.15) is 29.2 Å². The first-order valence-corrected chi connectivity index (χ1v) is 19.9. The summed E-state index contributed by atoms with van der Waals surface area (Å²) >= 11 is 1.53. The predicted molar refractivity (Wildman–Crippen MR) is 206 cm³/mol. The maximum Gasteiger partial charge on any atom is 0.335 e. The Kier molecular flexibility index (Phi) is 8.73. The highest BCUT2D eigenvalue weighted by molar-refractivity contribution is 7.99. The summed E-state index contributed by atoms with van der Waals surface area (Å²) in [6.45, 7) is 8.10. The molecule has 0 saturated carbocycles. The molecule has 13 nitrogen and oxygen atoms in total. The molecule has 6 aliphatic heterocycles. The van der Waals surface area contributed by atoms with E-state index in [9.17, 15) is 20.0 Å². The Morgan fingerprint density at radius 3 is 2.68 bits per heavy atom. The maximum atomic E-state index is 14.8. The van der Waals surface area contributed by atoms with Crippen LogP contribution in [0.2, 0.25) is 0 Å². The molecule has 0 aliphatic carbocycles. The summed E-state index contributed by atoms with van der Waals surface area (Å²) in [6, 6.07) is 11.6. The Morgan fingerprint density at radius 2 is 1.91 bits per heavy atom. The van der Waals surface area contributed by atoms with Gasteiger partial charge in [-0.25, -0.2) is 4.79 Å². The normalized spacial score (nSPS) is 27.2. The topological polar surface area (TPSA) is 156 Å². The van der Waals surface area contributed by atoms with Gasteiger partial charge in [0, 0.05) is 83.2 Å². The number of thioether (sulfide) groups is 1. The van der Waals surface area contributed by atoms with E-state index in [1.165, 1.54) is 25.8 Å². The summed E-state index contributed by atoms with van der Waals surface area (Å²) < 4.78 is 37.0. The molecule has 0 unspecified atom stereocenters. The van der Waals surface area contributed by atoms with Crippen LogP contribution in [0.5, 0.6) is 28.7 Å². The number of ether oxygens (including phenoxy) is 5. The summed E-state index contributed by atoms with van der Waals surface area (Å²) in [6.07, 6.45) is 0.951. The highest BCUT2D eigenvalue weighted by Gasteiger charge is 2.56. The molecule has 0 radical (unpaired) electrons. The van der Waals surface area contributed by atoms with Crippen LogP contribution in [0.25, 0.3) is 11.0 Å². The number of rotatable bonds is 3. The van der Waals surface area contributed by atoms with Crippen LogP contribution in [0, 0.1) is 25.2 Å². The first kappa shape index (κ1) is 36.7. The van der Waals surface area contributed by atoms with Crippen LogP contribution >= 0.6 is 11.8 Å². The quantitative estimate of drug-likeness (QED) is 0.194. The highest BCUT2D eigenvalue weighted by Crippen LogP contribution is 2.59. The number of furan rings is 1. The molecule has 1 spiro atoms. The SMILES string of the molecule is COc1c(C)cc2c(c1O)[C@H](C)N(C)C[C@@](C#N)(N1C[C@@H]3SC[C@]4(NCCc5c4oc4ccccc54)C(=O)OC[C@H]1c1c4c(c(C)c(OC(C)=O)c13)OCO4)C2. The average molecular weight is 781 g/mol. The Hall–Kier alpha value is -4.94. The molecule has 1 saturated heterocycles. The van der Waals surface area contributed by atoms with Crippen LogP contribution < -0.4 is 24.3 Å². The highest BCUT2D eigenvalue weighted by atomic mass is 32.2. The Bertz CT molecular complexity index is 2370. The van der Waals surface area contributed by atoms with Crippen LogP contribution in [0.3, 0.4) is 0 Å².